The van der Waals surface area contributed by atoms with Gasteiger partial charge in [-0.25, -0.2) is 8.42 Å². The highest BCUT2D eigenvalue weighted by Crippen LogP contribution is 2.23. The van der Waals surface area contributed by atoms with E-state index in [1.807, 2.05) is 6.92 Å². The monoisotopic (exact) mass is 362 g/mol. The van der Waals surface area contributed by atoms with Crippen LogP contribution in [0.5, 0.6) is 5.75 Å². The molecule has 0 saturated heterocycles. The molecule has 0 aromatic heterocycles. The maximum absolute atomic E-state index is 12.4. The van der Waals surface area contributed by atoms with Crippen LogP contribution in [0.2, 0.25) is 0 Å². The third-order valence-corrected chi connectivity index (χ3v) is 5.56. The molecular weight excluding hydrogens is 350 g/mol. The fourth-order valence-corrected chi connectivity index (χ4v) is 3.32. The zero-order valence-electron chi connectivity index (χ0n) is 11.8. The molecule has 0 heterocycles. The fourth-order valence-electron chi connectivity index (χ4n) is 1.67. The molecule has 0 aliphatic heterocycles. The first kappa shape index (κ1) is 17.4. The highest BCUT2D eigenvalue weighted by atomic mass is 32.2. The van der Waals surface area contributed by atoms with Crippen molar-refractivity contribution in [2.45, 2.75) is 22.5 Å². The van der Waals surface area contributed by atoms with E-state index in [1.165, 1.54) is 12.1 Å². The number of sulfone groups is 1. The van der Waals surface area contributed by atoms with Crippen LogP contribution in [0.3, 0.4) is 0 Å². The molecule has 0 N–H and O–H groups in total. The number of aryl methyl sites for hydroxylation is 1. The van der Waals surface area contributed by atoms with Crippen molar-refractivity contribution < 1.29 is 29.8 Å². The first-order chi connectivity index (χ1) is 10.6. The predicted octanol–water partition coefficient (Wildman–Crippen LogP) is 2.76. The molecule has 0 fully saturated rings. The summed E-state index contributed by atoms with van der Waals surface area (Å²) in [4.78, 5) is -1.01. The Bertz CT molecular complexity index is 887. The molecule has 0 saturated carbocycles. The third-order valence-electron chi connectivity index (χ3n) is 2.90. The second kappa shape index (κ2) is 6.25. The van der Waals surface area contributed by atoms with Gasteiger partial charge in [0.2, 0.25) is 9.84 Å². The maximum Gasteiger partial charge on any atom is 0.341 e. The van der Waals surface area contributed by atoms with E-state index in [0.29, 0.717) is 0 Å². The van der Waals surface area contributed by atoms with Crippen molar-refractivity contribution in [3.8, 4) is 5.75 Å². The first-order valence-electron chi connectivity index (χ1n) is 6.26. The van der Waals surface area contributed by atoms with Crippen LogP contribution in [0.4, 0.5) is 8.78 Å². The van der Waals surface area contributed by atoms with Gasteiger partial charge in [-0.3, -0.25) is 0 Å². The minimum Gasteiger partial charge on any atom is -0.379 e. The van der Waals surface area contributed by atoms with Crippen molar-refractivity contribution in [1.82, 2.24) is 0 Å². The lowest BCUT2D eigenvalue weighted by Gasteiger charge is -2.08. The zero-order chi connectivity index (χ0) is 17.3. The van der Waals surface area contributed by atoms with Gasteiger partial charge in [-0.1, -0.05) is 17.7 Å². The van der Waals surface area contributed by atoms with Crippen molar-refractivity contribution in [3.63, 3.8) is 0 Å². The smallest absolute Gasteiger partial charge is 0.341 e. The third kappa shape index (κ3) is 3.85. The number of benzene rings is 2. The SMILES string of the molecule is Cc1ccc(OS(=O)(=O)c2ccc(S(=O)(=O)C(F)F)cc2)cc1. The quantitative estimate of drug-likeness (QED) is 0.765. The Hall–Kier alpha value is -2.00. The molecular formula is C14H12F2O5S2. The van der Waals surface area contributed by atoms with Gasteiger partial charge in [-0.05, 0) is 43.3 Å². The van der Waals surface area contributed by atoms with Crippen LogP contribution in [0.1, 0.15) is 5.56 Å². The molecule has 0 unspecified atom stereocenters. The minimum atomic E-state index is -4.77. The molecule has 0 aliphatic carbocycles. The average molecular weight is 362 g/mol. The van der Waals surface area contributed by atoms with Crippen LogP contribution in [-0.2, 0) is 20.0 Å². The molecule has 2 aromatic carbocycles. The maximum atomic E-state index is 12.4. The van der Waals surface area contributed by atoms with Gasteiger partial charge in [0, 0.05) is 0 Å². The van der Waals surface area contributed by atoms with Crippen LogP contribution < -0.4 is 4.18 Å². The predicted molar refractivity (Wildman–Crippen MR) is 78.6 cm³/mol. The summed E-state index contributed by atoms with van der Waals surface area (Å²) in [6.07, 6.45) is 0. The largest absolute Gasteiger partial charge is 0.379 e. The summed E-state index contributed by atoms with van der Waals surface area (Å²) in [5.41, 5.74) is 0.913. The Kier molecular flexibility index (Phi) is 4.71. The lowest BCUT2D eigenvalue weighted by Crippen LogP contribution is -2.13. The van der Waals surface area contributed by atoms with Crippen molar-refractivity contribution >= 4 is 20.0 Å². The summed E-state index contributed by atoms with van der Waals surface area (Å²) >= 11 is 0. The molecule has 0 atom stereocenters. The molecule has 0 bridgehead atoms. The van der Waals surface area contributed by atoms with Gasteiger partial charge in [0.25, 0.3) is 0 Å². The number of halogens is 2. The normalized spacial score (nSPS) is 12.3. The molecule has 2 aromatic rings. The number of rotatable bonds is 5. The molecule has 0 amide bonds. The summed E-state index contributed by atoms with van der Waals surface area (Å²) < 4.78 is 76.4. The van der Waals surface area contributed by atoms with E-state index in [2.05, 4.69) is 0 Å². The summed E-state index contributed by atoms with van der Waals surface area (Å²) in [7, 11) is -8.96. The van der Waals surface area contributed by atoms with E-state index in [0.717, 1.165) is 29.8 Å². The van der Waals surface area contributed by atoms with E-state index >= 15 is 0 Å². The molecule has 0 radical (unpaired) electrons. The standard InChI is InChI=1S/C14H12F2O5S2/c1-10-2-4-11(5-3-10)21-23(19,20)13-8-6-12(7-9-13)22(17,18)14(15)16/h2-9,14H,1H3. The second-order valence-corrected chi connectivity index (χ2v) is 8.09. The Morgan fingerprint density at radius 2 is 1.30 bits per heavy atom. The molecule has 0 spiro atoms. The second-order valence-electron chi connectivity index (χ2n) is 4.63. The molecule has 124 valence electrons. The molecule has 2 rings (SSSR count). The van der Waals surface area contributed by atoms with Crippen molar-refractivity contribution in [3.05, 3.63) is 54.1 Å². The topological polar surface area (TPSA) is 77.5 Å². The van der Waals surface area contributed by atoms with E-state index in [9.17, 15) is 25.6 Å². The number of hydrogen-bond donors (Lipinski definition) is 0. The van der Waals surface area contributed by atoms with Crippen LogP contribution in [0.25, 0.3) is 0 Å². The van der Waals surface area contributed by atoms with Crippen LogP contribution in [0, 0.1) is 6.92 Å². The van der Waals surface area contributed by atoms with E-state index in [-0.39, 0.29) is 10.6 Å². The van der Waals surface area contributed by atoms with Gasteiger partial charge in [-0.2, -0.15) is 17.2 Å². The van der Waals surface area contributed by atoms with Crippen LogP contribution >= 0.6 is 0 Å². The van der Waals surface area contributed by atoms with Crippen molar-refractivity contribution in [2.75, 3.05) is 0 Å². The average Bonchev–Trinajstić information content (AvgIpc) is 2.49. The Morgan fingerprint density at radius 3 is 1.78 bits per heavy atom. The lowest BCUT2D eigenvalue weighted by atomic mass is 10.2. The van der Waals surface area contributed by atoms with E-state index < -0.39 is 30.6 Å². The summed E-state index contributed by atoms with van der Waals surface area (Å²) in [5, 5.41) is 0. The van der Waals surface area contributed by atoms with Crippen molar-refractivity contribution in [1.29, 1.82) is 0 Å². The highest BCUT2D eigenvalue weighted by molar-refractivity contribution is 7.91. The first-order valence-corrected chi connectivity index (χ1v) is 9.22. The fraction of sp³-hybridized carbons (Fsp3) is 0.143. The molecule has 5 nitrogen and oxygen atoms in total. The Balaban J connectivity index is 2.29. The number of hydrogen-bond acceptors (Lipinski definition) is 5. The van der Waals surface area contributed by atoms with Gasteiger partial charge < -0.3 is 4.18 Å². The van der Waals surface area contributed by atoms with E-state index in [4.69, 9.17) is 4.18 Å². The van der Waals surface area contributed by atoms with Gasteiger partial charge in [0.05, 0.1) is 4.90 Å². The summed E-state index contributed by atoms with van der Waals surface area (Å²) in [6, 6.07) is 9.63. The zero-order valence-corrected chi connectivity index (χ0v) is 13.4. The molecule has 9 heteroatoms. The van der Waals surface area contributed by atoms with Gasteiger partial charge in [-0.15, -0.1) is 0 Å². The molecule has 23 heavy (non-hydrogen) atoms. The molecule has 0 aliphatic rings. The van der Waals surface area contributed by atoms with Gasteiger partial charge in [0.15, 0.2) is 0 Å². The van der Waals surface area contributed by atoms with Gasteiger partial charge >= 0.3 is 15.9 Å². The van der Waals surface area contributed by atoms with Crippen LogP contribution in [0.15, 0.2) is 58.3 Å². The van der Waals surface area contributed by atoms with Gasteiger partial charge in [0.1, 0.15) is 10.6 Å². The van der Waals surface area contributed by atoms with Crippen LogP contribution in [-0.4, -0.2) is 22.6 Å². The lowest BCUT2D eigenvalue weighted by molar-refractivity contribution is 0.234. The summed E-state index contributed by atoms with van der Waals surface area (Å²) in [6.45, 7) is 1.82. The van der Waals surface area contributed by atoms with E-state index in [1.54, 1.807) is 12.1 Å². The summed E-state index contributed by atoms with van der Waals surface area (Å²) in [5.74, 6) is -3.49. The van der Waals surface area contributed by atoms with Crippen molar-refractivity contribution in [2.24, 2.45) is 0 Å². The minimum absolute atomic E-state index is 0.0832. The Morgan fingerprint density at radius 1 is 0.826 bits per heavy atom. The number of alkyl halides is 2. The highest BCUT2D eigenvalue weighted by Gasteiger charge is 2.27. The Labute approximate surface area is 132 Å².